The van der Waals surface area contributed by atoms with Gasteiger partial charge in [0.1, 0.15) is 11.5 Å². The summed E-state index contributed by atoms with van der Waals surface area (Å²) in [6.45, 7) is 3.86. The maximum atomic E-state index is 13.2. The summed E-state index contributed by atoms with van der Waals surface area (Å²) >= 11 is 0. The summed E-state index contributed by atoms with van der Waals surface area (Å²) in [6.07, 6.45) is 5.02. The summed E-state index contributed by atoms with van der Waals surface area (Å²) < 4.78 is 5.32. The summed E-state index contributed by atoms with van der Waals surface area (Å²) in [4.78, 5) is 28.2. The lowest BCUT2D eigenvalue weighted by Gasteiger charge is -2.36. The first-order valence-corrected chi connectivity index (χ1v) is 10.9. The lowest BCUT2D eigenvalue weighted by molar-refractivity contribution is -0.141. The van der Waals surface area contributed by atoms with Crippen LogP contribution in [-0.2, 0) is 9.59 Å². The number of carbonyl (C=O) groups is 2. The number of aryl methyl sites for hydroxylation is 2. The number of amides is 1. The van der Waals surface area contributed by atoms with Gasteiger partial charge >= 0.3 is 0 Å². The van der Waals surface area contributed by atoms with Gasteiger partial charge in [-0.25, -0.2) is 0 Å². The van der Waals surface area contributed by atoms with Gasteiger partial charge in [-0.1, -0.05) is 43.5 Å². The van der Waals surface area contributed by atoms with E-state index in [2.05, 4.69) is 0 Å². The third-order valence-corrected chi connectivity index (χ3v) is 6.60. The molecule has 1 atom stereocenters. The minimum absolute atomic E-state index is 0.0118. The standard InChI is InChI=1S/C26H29NO4/c1-16-9-7-8-12-20(16)23-22(24(28)18-13-14-21(31-3)17(2)15-18)25(29)26(30)27(23)19-10-5-4-6-11-19/h7-9,12-15,19,23,28H,4-6,10-11H2,1-3H3/b24-22+. The first kappa shape index (κ1) is 21.2. The van der Waals surface area contributed by atoms with Gasteiger partial charge < -0.3 is 14.7 Å². The second-order valence-corrected chi connectivity index (χ2v) is 8.54. The zero-order chi connectivity index (χ0) is 22.1. The molecular formula is C26H29NO4. The summed E-state index contributed by atoms with van der Waals surface area (Å²) in [6, 6.07) is 12.5. The maximum absolute atomic E-state index is 13.2. The van der Waals surface area contributed by atoms with E-state index in [-0.39, 0.29) is 17.4 Å². The average molecular weight is 420 g/mol. The lowest BCUT2D eigenvalue weighted by atomic mass is 9.89. The van der Waals surface area contributed by atoms with Crippen molar-refractivity contribution >= 4 is 17.4 Å². The van der Waals surface area contributed by atoms with Crippen LogP contribution in [0.25, 0.3) is 5.76 Å². The van der Waals surface area contributed by atoms with Crippen molar-refractivity contribution in [1.29, 1.82) is 0 Å². The van der Waals surface area contributed by atoms with E-state index in [9.17, 15) is 14.7 Å². The Labute approximate surface area is 183 Å². The largest absolute Gasteiger partial charge is 0.507 e. The van der Waals surface area contributed by atoms with E-state index in [1.54, 1.807) is 30.2 Å². The first-order valence-electron chi connectivity index (χ1n) is 10.9. The minimum Gasteiger partial charge on any atom is -0.507 e. The van der Waals surface area contributed by atoms with Crippen molar-refractivity contribution in [2.75, 3.05) is 7.11 Å². The molecule has 2 fully saturated rings. The number of carbonyl (C=O) groups excluding carboxylic acids is 2. The van der Waals surface area contributed by atoms with Crippen LogP contribution >= 0.6 is 0 Å². The summed E-state index contributed by atoms with van der Waals surface area (Å²) in [7, 11) is 1.59. The number of nitrogens with zero attached hydrogens (tertiary/aromatic N) is 1. The Morgan fingerprint density at radius 2 is 1.71 bits per heavy atom. The Hall–Kier alpha value is -3.08. The van der Waals surface area contributed by atoms with Crippen LogP contribution in [0.1, 0.15) is 60.4 Å². The van der Waals surface area contributed by atoms with Crippen molar-refractivity contribution in [3.8, 4) is 5.75 Å². The van der Waals surface area contributed by atoms with E-state index in [0.29, 0.717) is 11.3 Å². The molecular weight excluding hydrogens is 390 g/mol. The van der Waals surface area contributed by atoms with Crippen molar-refractivity contribution in [3.05, 3.63) is 70.3 Å². The number of hydrogen-bond acceptors (Lipinski definition) is 4. The van der Waals surface area contributed by atoms with Crippen LogP contribution in [0.4, 0.5) is 0 Å². The third kappa shape index (κ3) is 3.73. The predicted molar refractivity (Wildman–Crippen MR) is 120 cm³/mol. The molecule has 1 saturated heterocycles. The molecule has 0 bridgehead atoms. The van der Waals surface area contributed by atoms with Gasteiger partial charge in [0.15, 0.2) is 0 Å². The lowest BCUT2D eigenvalue weighted by Crippen LogP contribution is -2.40. The summed E-state index contributed by atoms with van der Waals surface area (Å²) in [5.74, 6) is -0.540. The van der Waals surface area contributed by atoms with E-state index in [4.69, 9.17) is 4.74 Å². The van der Waals surface area contributed by atoms with Crippen LogP contribution in [0.3, 0.4) is 0 Å². The van der Waals surface area contributed by atoms with Crippen LogP contribution in [-0.4, -0.2) is 34.8 Å². The molecule has 2 aromatic carbocycles. The van der Waals surface area contributed by atoms with Crippen molar-refractivity contribution in [2.24, 2.45) is 0 Å². The Morgan fingerprint density at radius 3 is 2.35 bits per heavy atom. The molecule has 2 aliphatic rings. The monoisotopic (exact) mass is 419 g/mol. The quantitative estimate of drug-likeness (QED) is 0.427. The van der Waals surface area contributed by atoms with Crippen LogP contribution in [0.5, 0.6) is 5.75 Å². The second-order valence-electron chi connectivity index (χ2n) is 8.54. The van der Waals surface area contributed by atoms with Crippen molar-refractivity contribution in [3.63, 3.8) is 0 Å². The molecule has 1 saturated carbocycles. The smallest absolute Gasteiger partial charge is 0.295 e. The normalized spacial score (nSPS) is 21.5. The number of methoxy groups -OCH3 is 1. The summed E-state index contributed by atoms with van der Waals surface area (Å²) in [5, 5.41) is 11.3. The minimum atomic E-state index is -0.607. The van der Waals surface area contributed by atoms with Gasteiger partial charge in [0.05, 0.1) is 18.7 Å². The van der Waals surface area contributed by atoms with E-state index in [1.165, 1.54) is 0 Å². The molecule has 1 amide bonds. The molecule has 1 heterocycles. The highest BCUT2D eigenvalue weighted by Crippen LogP contribution is 2.44. The van der Waals surface area contributed by atoms with Gasteiger partial charge in [-0.3, -0.25) is 9.59 Å². The topological polar surface area (TPSA) is 66.8 Å². The molecule has 1 aliphatic heterocycles. The van der Waals surface area contributed by atoms with Gasteiger partial charge in [0.2, 0.25) is 0 Å². The zero-order valence-electron chi connectivity index (χ0n) is 18.4. The molecule has 0 spiro atoms. The molecule has 31 heavy (non-hydrogen) atoms. The molecule has 0 aromatic heterocycles. The SMILES string of the molecule is COc1ccc(/C(O)=C2\C(=O)C(=O)N(C3CCCCC3)C2c2ccccc2C)cc1C. The van der Waals surface area contributed by atoms with E-state index in [0.717, 1.165) is 48.8 Å². The molecule has 2 aromatic rings. The fourth-order valence-electron chi connectivity index (χ4n) is 4.97. The Morgan fingerprint density at radius 1 is 1.00 bits per heavy atom. The summed E-state index contributed by atoms with van der Waals surface area (Å²) in [5.41, 5.74) is 3.42. The zero-order valence-corrected chi connectivity index (χ0v) is 18.4. The van der Waals surface area contributed by atoms with Crippen LogP contribution in [0.15, 0.2) is 48.0 Å². The van der Waals surface area contributed by atoms with Gasteiger partial charge in [0, 0.05) is 11.6 Å². The number of aliphatic hydroxyl groups is 1. The number of ether oxygens (including phenoxy) is 1. The molecule has 5 nitrogen and oxygen atoms in total. The number of Topliss-reactive ketones (excluding diaryl/α,β-unsaturated/α-hetero) is 1. The van der Waals surface area contributed by atoms with Crippen LogP contribution in [0.2, 0.25) is 0 Å². The van der Waals surface area contributed by atoms with Crippen LogP contribution < -0.4 is 4.74 Å². The fraction of sp³-hybridized carbons (Fsp3) is 0.385. The van der Waals surface area contributed by atoms with Gasteiger partial charge in [-0.05, 0) is 61.6 Å². The Bertz CT molecular complexity index is 1050. The highest BCUT2D eigenvalue weighted by molar-refractivity contribution is 6.46. The van der Waals surface area contributed by atoms with Gasteiger partial charge in [0.25, 0.3) is 11.7 Å². The highest BCUT2D eigenvalue weighted by atomic mass is 16.5. The number of aliphatic hydroxyl groups excluding tert-OH is 1. The number of likely N-dealkylation sites (tertiary alicyclic amines) is 1. The molecule has 1 N–H and O–H groups in total. The molecule has 5 heteroatoms. The second kappa shape index (κ2) is 8.58. The van der Waals surface area contributed by atoms with Crippen molar-refractivity contribution < 1.29 is 19.4 Å². The predicted octanol–water partition coefficient (Wildman–Crippen LogP) is 5.07. The fourth-order valence-corrected chi connectivity index (χ4v) is 4.97. The third-order valence-electron chi connectivity index (χ3n) is 6.60. The van der Waals surface area contributed by atoms with Crippen molar-refractivity contribution in [2.45, 2.75) is 58.0 Å². The number of ketones is 1. The number of benzene rings is 2. The van der Waals surface area contributed by atoms with E-state index < -0.39 is 17.7 Å². The maximum Gasteiger partial charge on any atom is 0.295 e. The first-order chi connectivity index (χ1) is 14.9. The van der Waals surface area contributed by atoms with Gasteiger partial charge in [-0.2, -0.15) is 0 Å². The Kier molecular flexibility index (Phi) is 5.86. The molecule has 1 unspecified atom stereocenters. The van der Waals surface area contributed by atoms with E-state index in [1.807, 2.05) is 38.1 Å². The van der Waals surface area contributed by atoms with Crippen LogP contribution in [0, 0.1) is 13.8 Å². The Balaban J connectivity index is 1.89. The van der Waals surface area contributed by atoms with Gasteiger partial charge in [-0.15, -0.1) is 0 Å². The van der Waals surface area contributed by atoms with Crippen molar-refractivity contribution in [1.82, 2.24) is 4.90 Å². The molecule has 4 rings (SSSR count). The molecule has 0 radical (unpaired) electrons. The average Bonchev–Trinajstić information content (AvgIpc) is 3.04. The molecule has 162 valence electrons. The number of rotatable bonds is 4. The number of hydrogen-bond donors (Lipinski definition) is 1. The van der Waals surface area contributed by atoms with E-state index >= 15 is 0 Å². The highest BCUT2D eigenvalue weighted by Gasteiger charge is 2.49. The molecule has 1 aliphatic carbocycles.